The summed E-state index contributed by atoms with van der Waals surface area (Å²) in [5.74, 6) is 0.235. The van der Waals surface area contributed by atoms with Gasteiger partial charge in [0.1, 0.15) is 0 Å². The van der Waals surface area contributed by atoms with Crippen LogP contribution in [-0.2, 0) is 11.3 Å². The van der Waals surface area contributed by atoms with Crippen LogP contribution in [0.3, 0.4) is 0 Å². The molecule has 1 aliphatic rings. The number of carbonyl (C=O) groups is 1. The minimum Gasteiger partial charge on any atom is -0.339 e. The van der Waals surface area contributed by atoms with Crippen molar-refractivity contribution < 1.29 is 4.79 Å². The van der Waals surface area contributed by atoms with Crippen LogP contribution < -0.4 is 5.32 Å². The molecular weight excluding hydrogens is 250 g/mol. The maximum absolute atomic E-state index is 12.2. The molecule has 0 saturated carbocycles. The highest BCUT2D eigenvalue weighted by molar-refractivity contribution is 5.78. The van der Waals surface area contributed by atoms with Gasteiger partial charge in [0.05, 0.1) is 6.54 Å². The second-order valence-electron chi connectivity index (χ2n) is 5.66. The Balaban J connectivity index is 1.90. The molecule has 1 amide bonds. The quantitative estimate of drug-likeness (QED) is 0.896. The molecular formula is C16H25N3O. The summed E-state index contributed by atoms with van der Waals surface area (Å²) in [6.07, 6.45) is 0. The van der Waals surface area contributed by atoms with Crippen LogP contribution in [0.15, 0.2) is 18.2 Å². The van der Waals surface area contributed by atoms with Crippen LogP contribution in [0.1, 0.15) is 16.7 Å². The monoisotopic (exact) mass is 275 g/mol. The average molecular weight is 275 g/mol. The van der Waals surface area contributed by atoms with E-state index in [2.05, 4.69) is 42.3 Å². The standard InChI is InChI=1S/C16H25N3O/c1-13-5-4-6-15(14(13)2)11-18(3)12-16(20)19-9-7-17-8-10-19/h4-6,17H,7-12H2,1-3H3. The van der Waals surface area contributed by atoms with Crippen LogP contribution in [-0.4, -0.2) is 55.5 Å². The molecule has 0 spiro atoms. The van der Waals surface area contributed by atoms with E-state index in [0.717, 1.165) is 32.7 Å². The number of aryl methyl sites for hydroxylation is 1. The van der Waals surface area contributed by atoms with Gasteiger partial charge in [0.2, 0.25) is 5.91 Å². The van der Waals surface area contributed by atoms with Crippen LogP contribution in [0.4, 0.5) is 0 Å². The highest BCUT2D eigenvalue weighted by Gasteiger charge is 2.17. The van der Waals surface area contributed by atoms with E-state index in [0.29, 0.717) is 6.54 Å². The molecule has 0 aliphatic carbocycles. The molecule has 0 atom stereocenters. The van der Waals surface area contributed by atoms with Gasteiger partial charge in [-0.15, -0.1) is 0 Å². The van der Waals surface area contributed by atoms with Crippen molar-refractivity contribution in [1.82, 2.24) is 15.1 Å². The zero-order chi connectivity index (χ0) is 14.5. The third kappa shape index (κ3) is 3.81. The number of carbonyl (C=O) groups excluding carboxylic acids is 1. The predicted molar refractivity (Wildman–Crippen MR) is 81.7 cm³/mol. The van der Waals surface area contributed by atoms with Gasteiger partial charge in [-0.3, -0.25) is 9.69 Å². The minimum atomic E-state index is 0.235. The molecule has 2 rings (SSSR count). The van der Waals surface area contributed by atoms with E-state index in [1.54, 1.807) is 0 Å². The molecule has 1 N–H and O–H groups in total. The highest BCUT2D eigenvalue weighted by atomic mass is 16.2. The van der Waals surface area contributed by atoms with Crippen molar-refractivity contribution in [1.29, 1.82) is 0 Å². The minimum absolute atomic E-state index is 0.235. The third-order valence-corrected chi connectivity index (χ3v) is 4.03. The van der Waals surface area contributed by atoms with Crippen molar-refractivity contribution in [2.45, 2.75) is 20.4 Å². The molecule has 0 radical (unpaired) electrons. The number of nitrogens with zero attached hydrogens (tertiary/aromatic N) is 2. The van der Waals surface area contributed by atoms with E-state index >= 15 is 0 Å². The van der Waals surface area contributed by atoms with Gasteiger partial charge in [0, 0.05) is 32.7 Å². The van der Waals surface area contributed by atoms with Crippen LogP contribution in [0.5, 0.6) is 0 Å². The van der Waals surface area contributed by atoms with Crippen LogP contribution in [0, 0.1) is 13.8 Å². The lowest BCUT2D eigenvalue weighted by atomic mass is 10.0. The summed E-state index contributed by atoms with van der Waals surface area (Å²) >= 11 is 0. The number of hydrogen-bond acceptors (Lipinski definition) is 3. The topological polar surface area (TPSA) is 35.6 Å². The summed E-state index contributed by atoms with van der Waals surface area (Å²) in [4.78, 5) is 16.3. The summed E-state index contributed by atoms with van der Waals surface area (Å²) in [7, 11) is 2.02. The molecule has 1 saturated heterocycles. The van der Waals surface area contributed by atoms with Gasteiger partial charge in [0.15, 0.2) is 0 Å². The third-order valence-electron chi connectivity index (χ3n) is 4.03. The average Bonchev–Trinajstić information content (AvgIpc) is 2.45. The number of amides is 1. The summed E-state index contributed by atoms with van der Waals surface area (Å²) in [6, 6.07) is 6.36. The van der Waals surface area contributed by atoms with Crippen LogP contribution in [0.25, 0.3) is 0 Å². The van der Waals surface area contributed by atoms with Crippen LogP contribution >= 0.6 is 0 Å². The van der Waals surface area contributed by atoms with E-state index in [1.165, 1.54) is 16.7 Å². The van der Waals surface area contributed by atoms with Crippen molar-refractivity contribution in [3.63, 3.8) is 0 Å². The van der Waals surface area contributed by atoms with Crippen molar-refractivity contribution in [3.05, 3.63) is 34.9 Å². The van der Waals surface area contributed by atoms with E-state index in [-0.39, 0.29) is 5.91 Å². The van der Waals surface area contributed by atoms with E-state index in [4.69, 9.17) is 0 Å². The summed E-state index contributed by atoms with van der Waals surface area (Å²) in [6.45, 7) is 9.07. The first-order valence-corrected chi connectivity index (χ1v) is 7.30. The predicted octanol–water partition coefficient (Wildman–Crippen LogP) is 1.17. The summed E-state index contributed by atoms with van der Waals surface area (Å²) in [5, 5.41) is 3.27. The van der Waals surface area contributed by atoms with Crippen LogP contribution in [0.2, 0.25) is 0 Å². The molecule has 20 heavy (non-hydrogen) atoms. The molecule has 110 valence electrons. The molecule has 0 aromatic heterocycles. The van der Waals surface area contributed by atoms with Gasteiger partial charge in [0.25, 0.3) is 0 Å². The fraction of sp³-hybridized carbons (Fsp3) is 0.562. The number of likely N-dealkylation sites (N-methyl/N-ethyl adjacent to an activating group) is 1. The number of nitrogens with one attached hydrogen (secondary N) is 1. The van der Waals surface area contributed by atoms with Gasteiger partial charge >= 0.3 is 0 Å². The Morgan fingerprint density at radius 1 is 1.30 bits per heavy atom. The van der Waals surface area contributed by atoms with Gasteiger partial charge in [-0.05, 0) is 37.6 Å². The fourth-order valence-electron chi connectivity index (χ4n) is 2.57. The first kappa shape index (κ1) is 15.0. The molecule has 1 aliphatic heterocycles. The molecule has 1 heterocycles. The van der Waals surface area contributed by atoms with Gasteiger partial charge in [-0.25, -0.2) is 0 Å². The smallest absolute Gasteiger partial charge is 0.236 e. The number of rotatable bonds is 4. The maximum atomic E-state index is 12.2. The van der Waals surface area contributed by atoms with Gasteiger partial charge in [-0.2, -0.15) is 0 Å². The van der Waals surface area contributed by atoms with Gasteiger partial charge in [-0.1, -0.05) is 18.2 Å². The molecule has 4 nitrogen and oxygen atoms in total. The van der Waals surface area contributed by atoms with Crippen molar-refractivity contribution in [3.8, 4) is 0 Å². The Labute approximate surface area is 121 Å². The second-order valence-corrected chi connectivity index (χ2v) is 5.66. The lowest BCUT2D eigenvalue weighted by Crippen LogP contribution is -2.49. The number of hydrogen-bond donors (Lipinski definition) is 1. The van der Waals surface area contributed by atoms with Crippen molar-refractivity contribution >= 4 is 5.91 Å². The molecule has 1 aromatic carbocycles. The number of piperazine rings is 1. The van der Waals surface area contributed by atoms with Gasteiger partial charge < -0.3 is 10.2 Å². The number of benzene rings is 1. The molecule has 1 aromatic rings. The Bertz CT molecular complexity index is 467. The lowest BCUT2D eigenvalue weighted by Gasteiger charge is -2.29. The second kappa shape index (κ2) is 6.86. The van der Waals surface area contributed by atoms with Crippen molar-refractivity contribution in [2.24, 2.45) is 0 Å². The first-order valence-electron chi connectivity index (χ1n) is 7.30. The van der Waals surface area contributed by atoms with E-state index < -0.39 is 0 Å². The van der Waals surface area contributed by atoms with E-state index in [1.807, 2.05) is 11.9 Å². The molecule has 0 bridgehead atoms. The zero-order valence-corrected chi connectivity index (χ0v) is 12.8. The summed E-state index contributed by atoms with van der Waals surface area (Å²) < 4.78 is 0. The Morgan fingerprint density at radius 3 is 2.70 bits per heavy atom. The molecule has 0 unspecified atom stereocenters. The highest BCUT2D eigenvalue weighted by Crippen LogP contribution is 2.14. The normalized spacial score (nSPS) is 15.7. The Kier molecular flexibility index (Phi) is 5.15. The Hall–Kier alpha value is -1.39. The fourth-order valence-corrected chi connectivity index (χ4v) is 2.57. The maximum Gasteiger partial charge on any atom is 0.236 e. The molecule has 1 fully saturated rings. The Morgan fingerprint density at radius 2 is 2.00 bits per heavy atom. The van der Waals surface area contributed by atoms with Crippen molar-refractivity contribution in [2.75, 3.05) is 39.8 Å². The summed E-state index contributed by atoms with van der Waals surface area (Å²) in [5.41, 5.74) is 3.94. The largest absolute Gasteiger partial charge is 0.339 e. The zero-order valence-electron chi connectivity index (χ0n) is 12.8. The SMILES string of the molecule is Cc1cccc(CN(C)CC(=O)N2CCNCC2)c1C. The van der Waals surface area contributed by atoms with E-state index in [9.17, 15) is 4.79 Å². The lowest BCUT2D eigenvalue weighted by molar-refractivity contribution is -0.132. The molecule has 4 heteroatoms. The first-order chi connectivity index (χ1) is 9.58.